The number of aromatic amines is 1. The zero-order valence-electron chi connectivity index (χ0n) is 12.9. The summed E-state index contributed by atoms with van der Waals surface area (Å²) in [6, 6.07) is 6.43. The van der Waals surface area contributed by atoms with Gasteiger partial charge in [0.15, 0.2) is 0 Å². The van der Waals surface area contributed by atoms with Gasteiger partial charge in [0.2, 0.25) is 5.91 Å². The standard InChI is InChI=1S/C17H23N3O.ClH/c1-2-12-4-3-5-15-13(11-20-16(12)15)7-9-19-17(21)14-6-8-18-10-14;/h3-5,11,14,18,20H,2,6-10H2,1H3,(H,19,21);1H. The Balaban J connectivity index is 0.00000176. The van der Waals surface area contributed by atoms with Gasteiger partial charge in [0, 0.05) is 30.2 Å². The molecule has 0 saturated carbocycles. The molecule has 1 aliphatic rings. The summed E-state index contributed by atoms with van der Waals surface area (Å²) in [5.74, 6) is 0.341. The number of nitrogens with one attached hydrogen (secondary N) is 3. The third-order valence-electron chi connectivity index (χ3n) is 4.39. The monoisotopic (exact) mass is 321 g/mol. The lowest BCUT2D eigenvalue weighted by molar-refractivity contribution is -0.124. The predicted octanol–water partition coefficient (Wildman–Crippen LogP) is 2.42. The van der Waals surface area contributed by atoms with Gasteiger partial charge in [-0.05, 0) is 36.9 Å². The number of aromatic nitrogens is 1. The van der Waals surface area contributed by atoms with Crippen LogP contribution in [-0.2, 0) is 17.6 Å². The van der Waals surface area contributed by atoms with Crippen molar-refractivity contribution in [3.63, 3.8) is 0 Å². The first-order valence-electron chi connectivity index (χ1n) is 7.86. The molecule has 120 valence electrons. The van der Waals surface area contributed by atoms with Crippen molar-refractivity contribution < 1.29 is 4.79 Å². The van der Waals surface area contributed by atoms with Gasteiger partial charge in [0.1, 0.15) is 0 Å². The second kappa shape index (κ2) is 7.65. The highest BCUT2D eigenvalue weighted by molar-refractivity contribution is 5.86. The van der Waals surface area contributed by atoms with Crippen molar-refractivity contribution in [2.24, 2.45) is 5.92 Å². The predicted molar refractivity (Wildman–Crippen MR) is 92.6 cm³/mol. The number of halogens is 1. The summed E-state index contributed by atoms with van der Waals surface area (Å²) in [7, 11) is 0. The van der Waals surface area contributed by atoms with Gasteiger partial charge in [0.05, 0.1) is 5.92 Å². The Hall–Kier alpha value is -1.52. The first-order valence-corrected chi connectivity index (χ1v) is 7.86. The number of H-pyrrole nitrogens is 1. The fourth-order valence-electron chi connectivity index (χ4n) is 3.12. The Morgan fingerprint density at radius 1 is 1.36 bits per heavy atom. The SMILES string of the molecule is CCc1cccc2c(CCNC(=O)C3CCNC3)c[nH]c12.Cl. The highest BCUT2D eigenvalue weighted by Crippen LogP contribution is 2.22. The molecule has 2 aromatic rings. The molecule has 1 aliphatic heterocycles. The molecule has 2 heterocycles. The number of amides is 1. The van der Waals surface area contributed by atoms with Crippen LogP contribution in [0.3, 0.4) is 0 Å². The maximum Gasteiger partial charge on any atom is 0.224 e. The normalized spacial score (nSPS) is 17.4. The number of para-hydroxylation sites is 1. The van der Waals surface area contributed by atoms with E-state index in [2.05, 4.69) is 46.9 Å². The van der Waals surface area contributed by atoms with E-state index in [1.54, 1.807) is 0 Å². The number of fused-ring (bicyclic) bond motifs is 1. The average Bonchev–Trinajstić information content (AvgIpc) is 3.16. The first-order chi connectivity index (χ1) is 10.3. The van der Waals surface area contributed by atoms with Crippen LogP contribution in [0.15, 0.2) is 24.4 Å². The van der Waals surface area contributed by atoms with Crippen LogP contribution < -0.4 is 10.6 Å². The number of hydrogen-bond acceptors (Lipinski definition) is 2. The van der Waals surface area contributed by atoms with E-state index in [4.69, 9.17) is 0 Å². The van der Waals surface area contributed by atoms with Crippen molar-refractivity contribution in [1.29, 1.82) is 0 Å². The minimum Gasteiger partial charge on any atom is -0.361 e. The number of aryl methyl sites for hydroxylation is 1. The van der Waals surface area contributed by atoms with Crippen LogP contribution in [0.1, 0.15) is 24.5 Å². The summed E-state index contributed by atoms with van der Waals surface area (Å²) < 4.78 is 0. The quantitative estimate of drug-likeness (QED) is 0.792. The Morgan fingerprint density at radius 3 is 2.95 bits per heavy atom. The fourth-order valence-corrected chi connectivity index (χ4v) is 3.12. The molecule has 1 amide bonds. The van der Waals surface area contributed by atoms with Gasteiger partial charge in [-0.2, -0.15) is 0 Å². The second-order valence-corrected chi connectivity index (χ2v) is 5.74. The van der Waals surface area contributed by atoms with Gasteiger partial charge in [-0.25, -0.2) is 0 Å². The summed E-state index contributed by atoms with van der Waals surface area (Å²) in [4.78, 5) is 15.4. The third kappa shape index (κ3) is 3.45. The molecule has 22 heavy (non-hydrogen) atoms. The van der Waals surface area contributed by atoms with Crippen LogP contribution in [0.2, 0.25) is 0 Å². The maximum absolute atomic E-state index is 12.0. The van der Waals surface area contributed by atoms with E-state index in [0.717, 1.165) is 32.4 Å². The first kappa shape index (κ1) is 16.8. The van der Waals surface area contributed by atoms with Crippen LogP contribution >= 0.6 is 12.4 Å². The topological polar surface area (TPSA) is 56.9 Å². The summed E-state index contributed by atoms with van der Waals surface area (Å²) in [5, 5.41) is 7.58. The highest BCUT2D eigenvalue weighted by atomic mass is 35.5. The van der Waals surface area contributed by atoms with Crippen LogP contribution in [0.25, 0.3) is 10.9 Å². The molecule has 1 unspecified atom stereocenters. The van der Waals surface area contributed by atoms with Crippen molar-refractivity contribution in [3.05, 3.63) is 35.5 Å². The number of carbonyl (C=O) groups is 1. The van der Waals surface area contributed by atoms with Crippen LogP contribution in [0.4, 0.5) is 0 Å². The van der Waals surface area contributed by atoms with Gasteiger partial charge >= 0.3 is 0 Å². The highest BCUT2D eigenvalue weighted by Gasteiger charge is 2.21. The van der Waals surface area contributed by atoms with Crippen LogP contribution in [0, 0.1) is 5.92 Å². The van der Waals surface area contributed by atoms with Gasteiger partial charge in [-0.15, -0.1) is 12.4 Å². The summed E-state index contributed by atoms with van der Waals surface area (Å²) in [6.45, 7) is 4.66. The summed E-state index contributed by atoms with van der Waals surface area (Å²) in [5.41, 5.74) is 3.87. The van der Waals surface area contributed by atoms with Crippen molar-refractivity contribution in [2.75, 3.05) is 19.6 Å². The molecule has 0 aliphatic carbocycles. The van der Waals surface area contributed by atoms with E-state index in [1.807, 2.05) is 0 Å². The second-order valence-electron chi connectivity index (χ2n) is 5.74. The van der Waals surface area contributed by atoms with Gasteiger partial charge < -0.3 is 15.6 Å². The lowest BCUT2D eigenvalue weighted by atomic mass is 10.1. The lowest BCUT2D eigenvalue weighted by Gasteiger charge is -2.09. The molecule has 1 fully saturated rings. The zero-order valence-corrected chi connectivity index (χ0v) is 13.8. The number of rotatable bonds is 5. The van der Waals surface area contributed by atoms with Crippen LogP contribution in [0.5, 0.6) is 0 Å². The molecule has 5 heteroatoms. The minimum absolute atomic E-state index is 0. The van der Waals surface area contributed by atoms with Crippen LogP contribution in [-0.4, -0.2) is 30.5 Å². The molecular formula is C17H24ClN3O. The molecule has 1 saturated heterocycles. The molecule has 1 aromatic carbocycles. The summed E-state index contributed by atoms with van der Waals surface area (Å²) in [6.07, 6.45) is 4.94. The van der Waals surface area contributed by atoms with Crippen molar-refractivity contribution in [1.82, 2.24) is 15.6 Å². The Kier molecular flexibility index (Phi) is 5.86. The lowest BCUT2D eigenvalue weighted by Crippen LogP contribution is -2.33. The largest absolute Gasteiger partial charge is 0.361 e. The molecule has 0 bridgehead atoms. The Morgan fingerprint density at radius 2 is 2.23 bits per heavy atom. The molecule has 0 spiro atoms. The number of hydrogen-bond donors (Lipinski definition) is 3. The molecular weight excluding hydrogens is 298 g/mol. The van der Waals surface area contributed by atoms with Gasteiger partial charge in [0.25, 0.3) is 0 Å². The van der Waals surface area contributed by atoms with E-state index in [0.29, 0.717) is 6.54 Å². The van der Waals surface area contributed by atoms with Crippen molar-refractivity contribution in [2.45, 2.75) is 26.2 Å². The molecule has 3 N–H and O–H groups in total. The maximum atomic E-state index is 12.0. The van der Waals surface area contributed by atoms with E-state index >= 15 is 0 Å². The minimum atomic E-state index is 0. The van der Waals surface area contributed by atoms with E-state index in [9.17, 15) is 4.79 Å². The van der Waals surface area contributed by atoms with E-state index < -0.39 is 0 Å². The molecule has 0 radical (unpaired) electrons. The number of carbonyl (C=O) groups excluding carboxylic acids is 1. The van der Waals surface area contributed by atoms with Gasteiger partial charge in [-0.3, -0.25) is 4.79 Å². The molecule has 1 aromatic heterocycles. The van der Waals surface area contributed by atoms with E-state index in [-0.39, 0.29) is 24.2 Å². The molecule has 3 rings (SSSR count). The average molecular weight is 322 g/mol. The third-order valence-corrected chi connectivity index (χ3v) is 4.39. The smallest absolute Gasteiger partial charge is 0.224 e. The molecule has 4 nitrogen and oxygen atoms in total. The van der Waals surface area contributed by atoms with E-state index in [1.165, 1.54) is 22.0 Å². The molecule has 1 atom stereocenters. The van der Waals surface area contributed by atoms with Gasteiger partial charge in [-0.1, -0.05) is 25.1 Å². The van der Waals surface area contributed by atoms with Crippen molar-refractivity contribution >= 4 is 29.2 Å². The summed E-state index contributed by atoms with van der Waals surface area (Å²) >= 11 is 0. The number of benzene rings is 1. The van der Waals surface area contributed by atoms with Crippen molar-refractivity contribution in [3.8, 4) is 0 Å². The zero-order chi connectivity index (χ0) is 14.7. The Bertz CT molecular complexity index is 632. The Labute approximate surface area is 137 Å². The fraction of sp³-hybridized carbons (Fsp3) is 0.471.